The van der Waals surface area contributed by atoms with Gasteiger partial charge in [-0.15, -0.1) is 0 Å². The van der Waals surface area contributed by atoms with E-state index in [-0.39, 0.29) is 11.2 Å². The van der Waals surface area contributed by atoms with Crippen LogP contribution in [0.1, 0.15) is 27.7 Å². The molecule has 2 aromatic rings. The van der Waals surface area contributed by atoms with Crippen molar-refractivity contribution < 1.29 is 4.39 Å². The van der Waals surface area contributed by atoms with E-state index in [0.717, 1.165) is 5.52 Å². The van der Waals surface area contributed by atoms with E-state index in [1.807, 2.05) is 4.57 Å². The number of nitrogens with two attached hydrogens (primary N) is 1. The number of nitrogen functional groups attached to an aromatic ring is 1. The van der Waals surface area contributed by atoms with Crippen LogP contribution in [0.3, 0.4) is 0 Å². The Bertz CT molecular complexity index is 617. The molecule has 0 aliphatic carbocycles. The van der Waals surface area contributed by atoms with Crippen LogP contribution in [0.15, 0.2) is 16.6 Å². The number of aromatic nitrogens is 2. The van der Waals surface area contributed by atoms with Gasteiger partial charge >= 0.3 is 0 Å². The summed E-state index contributed by atoms with van der Waals surface area (Å²) in [7, 11) is 0. The lowest BCUT2D eigenvalue weighted by Crippen LogP contribution is -2.26. The van der Waals surface area contributed by atoms with Crippen molar-refractivity contribution in [2.45, 2.75) is 34.2 Å². The minimum atomic E-state index is -0.295. The topological polar surface area (TPSA) is 43.8 Å². The van der Waals surface area contributed by atoms with Gasteiger partial charge in [-0.3, -0.25) is 0 Å². The molecule has 0 unspecified atom stereocenters. The zero-order chi connectivity index (χ0) is 14.4. The fourth-order valence-electron chi connectivity index (χ4n) is 1.90. The first-order valence-corrected chi connectivity index (χ1v) is 7.12. The molecule has 0 spiro atoms. The largest absolute Gasteiger partial charge is 0.369 e. The number of hydrogen-bond acceptors (Lipinski definition) is 2. The van der Waals surface area contributed by atoms with Crippen LogP contribution in [0.2, 0.25) is 0 Å². The summed E-state index contributed by atoms with van der Waals surface area (Å²) < 4.78 is 16.0. The number of fused-ring (bicyclic) bond motifs is 1. The monoisotopic (exact) mass is 327 g/mol. The summed E-state index contributed by atoms with van der Waals surface area (Å²) in [6.07, 6.45) is 0. The Labute approximate surface area is 121 Å². The zero-order valence-electron chi connectivity index (χ0n) is 11.7. The van der Waals surface area contributed by atoms with Crippen molar-refractivity contribution in [3.8, 4) is 0 Å². The van der Waals surface area contributed by atoms with E-state index >= 15 is 0 Å². The molecular weight excluding hydrogens is 309 g/mol. The van der Waals surface area contributed by atoms with Crippen molar-refractivity contribution in [3.05, 3.63) is 22.4 Å². The van der Waals surface area contributed by atoms with Crippen LogP contribution in [0, 0.1) is 17.2 Å². The van der Waals surface area contributed by atoms with E-state index in [0.29, 0.717) is 28.4 Å². The quantitative estimate of drug-likeness (QED) is 0.917. The molecule has 2 N–H and O–H groups in total. The lowest BCUT2D eigenvalue weighted by Gasteiger charge is -2.30. The molecule has 104 valence electrons. The summed E-state index contributed by atoms with van der Waals surface area (Å²) in [5.41, 5.74) is 7.49. The van der Waals surface area contributed by atoms with Crippen molar-refractivity contribution in [2.24, 2.45) is 11.3 Å². The Morgan fingerprint density at radius 2 is 2.05 bits per heavy atom. The van der Waals surface area contributed by atoms with Crippen molar-refractivity contribution in [1.82, 2.24) is 9.55 Å². The summed E-state index contributed by atoms with van der Waals surface area (Å²) in [6.45, 7) is 9.42. The summed E-state index contributed by atoms with van der Waals surface area (Å²) in [5, 5.41) is 0. The highest BCUT2D eigenvalue weighted by Crippen LogP contribution is 2.32. The Morgan fingerprint density at radius 1 is 1.42 bits per heavy atom. The molecule has 0 saturated carbocycles. The Morgan fingerprint density at radius 3 is 2.63 bits per heavy atom. The summed E-state index contributed by atoms with van der Waals surface area (Å²) >= 11 is 3.17. The van der Waals surface area contributed by atoms with Gasteiger partial charge in [0.2, 0.25) is 5.95 Å². The molecule has 1 aromatic carbocycles. The predicted molar refractivity (Wildman–Crippen MR) is 80.4 cm³/mol. The van der Waals surface area contributed by atoms with E-state index in [1.165, 1.54) is 6.07 Å². The Hall–Kier alpha value is -1.10. The van der Waals surface area contributed by atoms with Gasteiger partial charge in [0, 0.05) is 12.6 Å². The first-order chi connectivity index (χ1) is 8.72. The third kappa shape index (κ3) is 2.61. The lowest BCUT2D eigenvalue weighted by molar-refractivity contribution is 0.214. The van der Waals surface area contributed by atoms with E-state index in [2.05, 4.69) is 48.6 Å². The number of benzene rings is 1. The molecule has 0 radical (unpaired) electrons. The van der Waals surface area contributed by atoms with Gasteiger partial charge in [0.25, 0.3) is 0 Å². The van der Waals surface area contributed by atoms with Crippen molar-refractivity contribution in [2.75, 3.05) is 5.73 Å². The molecule has 0 saturated heterocycles. The highest BCUT2D eigenvalue weighted by Gasteiger charge is 2.25. The van der Waals surface area contributed by atoms with E-state index in [9.17, 15) is 4.39 Å². The summed E-state index contributed by atoms with van der Waals surface area (Å²) in [6, 6.07) is 3.15. The maximum Gasteiger partial charge on any atom is 0.201 e. The van der Waals surface area contributed by atoms with E-state index in [4.69, 9.17) is 5.73 Å². The second-order valence-electron chi connectivity index (χ2n) is 5.95. The minimum Gasteiger partial charge on any atom is -0.369 e. The molecule has 0 fully saturated rings. The van der Waals surface area contributed by atoms with Crippen LogP contribution in [-0.4, -0.2) is 9.55 Å². The molecule has 0 atom stereocenters. The maximum atomic E-state index is 13.7. The number of rotatable bonds is 3. The Kier molecular flexibility index (Phi) is 3.60. The van der Waals surface area contributed by atoms with Gasteiger partial charge in [0.05, 0.1) is 15.5 Å². The van der Waals surface area contributed by atoms with Crippen LogP contribution < -0.4 is 5.73 Å². The molecule has 3 nitrogen and oxygen atoms in total. The molecule has 1 heterocycles. The van der Waals surface area contributed by atoms with Crippen molar-refractivity contribution in [3.63, 3.8) is 0 Å². The molecular formula is C14H19BrFN3. The smallest absolute Gasteiger partial charge is 0.201 e. The molecule has 0 aliphatic heterocycles. The molecule has 1 aromatic heterocycles. The molecule has 0 amide bonds. The van der Waals surface area contributed by atoms with Gasteiger partial charge in [0.15, 0.2) is 0 Å². The van der Waals surface area contributed by atoms with Crippen molar-refractivity contribution in [1.29, 1.82) is 0 Å². The highest BCUT2D eigenvalue weighted by molar-refractivity contribution is 9.10. The van der Waals surface area contributed by atoms with E-state index in [1.54, 1.807) is 6.07 Å². The third-order valence-corrected chi connectivity index (χ3v) is 4.56. The second-order valence-corrected chi connectivity index (χ2v) is 6.81. The van der Waals surface area contributed by atoms with E-state index < -0.39 is 0 Å². The van der Waals surface area contributed by atoms with Crippen LogP contribution in [0.25, 0.3) is 11.0 Å². The number of anilines is 1. The van der Waals surface area contributed by atoms with Gasteiger partial charge in [-0.2, -0.15) is 0 Å². The summed E-state index contributed by atoms with van der Waals surface area (Å²) in [5.74, 6) is 0.627. The number of imidazole rings is 1. The number of halogens is 2. The molecule has 19 heavy (non-hydrogen) atoms. The first-order valence-electron chi connectivity index (χ1n) is 6.33. The molecule has 2 rings (SSSR count). The van der Waals surface area contributed by atoms with Gasteiger partial charge in [-0.05, 0) is 33.3 Å². The summed E-state index contributed by atoms with van der Waals surface area (Å²) in [4.78, 5) is 4.30. The van der Waals surface area contributed by atoms with Gasteiger partial charge < -0.3 is 10.3 Å². The zero-order valence-corrected chi connectivity index (χ0v) is 13.3. The first kappa shape index (κ1) is 14.3. The van der Waals surface area contributed by atoms with Crippen LogP contribution >= 0.6 is 15.9 Å². The molecule has 0 aliphatic rings. The second kappa shape index (κ2) is 4.78. The molecule has 5 heteroatoms. The minimum absolute atomic E-state index is 0.0608. The maximum absolute atomic E-state index is 13.7. The normalized spacial score (nSPS) is 12.6. The third-order valence-electron chi connectivity index (χ3n) is 3.95. The van der Waals surface area contributed by atoms with Crippen LogP contribution in [0.4, 0.5) is 10.3 Å². The van der Waals surface area contributed by atoms with Gasteiger partial charge in [-0.25, -0.2) is 9.37 Å². The molecule has 0 bridgehead atoms. The van der Waals surface area contributed by atoms with Crippen molar-refractivity contribution >= 4 is 32.9 Å². The number of hydrogen-bond donors (Lipinski definition) is 1. The average molecular weight is 328 g/mol. The van der Waals surface area contributed by atoms with Gasteiger partial charge in [-0.1, -0.05) is 27.7 Å². The fourth-order valence-corrected chi connectivity index (χ4v) is 2.23. The number of nitrogens with zero attached hydrogens (tertiary/aromatic N) is 2. The van der Waals surface area contributed by atoms with Crippen LogP contribution in [-0.2, 0) is 6.54 Å². The fraction of sp³-hybridized carbons (Fsp3) is 0.500. The highest BCUT2D eigenvalue weighted by atomic mass is 79.9. The van der Waals surface area contributed by atoms with Gasteiger partial charge in [0.1, 0.15) is 5.82 Å². The SMILES string of the molecule is CC(C)C(C)(C)Cn1c(N)nc2cc(Br)c(F)cc21. The Balaban J connectivity index is 2.54. The standard InChI is InChI=1S/C14H19BrFN3/c1-8(2)14(3,4)7-19-12-6-10(16)9(15)5-11(12)18-13(19)17/h5-6,8H,7H2,1-4H3,(H2,17,18). The predicted octanol–water partition coefficient (Wildman–Crippen LogP) is 4.20. The average Bonchev–Trinajstić information content (AvgIpc) is 2.56. The lowest BCUT2D eigenvalue weighted by atomic mass is 9.81. The van der Waals surface area contributed by atoms with Crippen LogP contribution in [0.5, 0.6) is 0 Å².